The quantitative estimate of drug-likeness (QED) is 0.767. The second-order valence-corrected chi connectivity index (χ2v) is 11.3. The monoisotopic (exact) mass is 424 g/mol. The zero-order valence-corrected chi connectivity index (χ0v) is 17.6. The minimum Gasteiger partial charge on any atom is -0.507 e. The molecule has 1 heterocycles. The van der Waals surface area contributed by atoms with Crippen LogP contribution in [0.25, 0.3) is 0 Å². The first kappa shape index (κ1) is 20.8. The molecule has 0 aliphatic carbocycles. The summed E-state index contributed by atoms with van der Waals surface area (Å²) in [4.78, 5) is 0.137. The molecule has 0 saturated heterocycles. The fraction of sp³-hybridized carbons (Fsp3) is 0.368. The van der Waals surface area contributed by atoms with E-state index in [-0.39, 0.29) is 21.5 Å². The molecule has 1 atom stereocenters. The number of nitrogens with zero attached hydrogens (tertiary/aromatic N) is 1. The van der Waals surface area contributed by atoms with Crippen molar-refractivity contribution in [1.29, 1.82) is 0 Å². The van der Waals surface area contributed by atoms with Crippen LogP contribution in [0, 0.1) is 0 Å². The predicted octanol–water partition coefficient (Wildman–Crippen LogP) is 1.32. The van der Waals surface area contributed by atoms with Gasteiger partial charge >= 0.3 is 0 Å². The lowest BCUT2D eigenvalue weighted by Crippen LogP contribution is -2.23. The molecule has 2 aromatic rings. The first-order valence-electron chi connectivity index (χ1n) is 8.81. The van der Waals surface area contributed by atoms with E-state index in [1.54, 1.807) is 30.3 Å². The van der Waals surface area contributed by atoms with Gasteiger partial charge in [0.05, 0.1) is 4.90 Å². The lowest BCUT2D eigenvalue weighted by Gasteiger charge is -2.20. The minimum absolute atomic E-state index is 0.0701. The van der Waals surface area contributed by atoms with E-state index in [9.17, 15) is 21.9 Å². The van der Waals surface area contributed by atoms with Crippen LogP contribution in [0.1, 0.15) is 22.6 Å². The number of phenolic OH excluding ortho intramolecular Hbond substituents is 1. The first-order chi connectivity index (χ1) is 13.0. The van der Waals surface area contributed by atoms with E-state index < -0.39 is 19.9 Å². The summed E-state index contributed by atoms with van der Waals surface area (Å²) >= 11 is 0. The molecule has 1 aliphatic heterocycles. The van der Waals surface area contributed by atoms with Gasteiger partial charge in [-0.2, -0.15) is 0 Å². The van der Waals surface area contributed by atoms with Crippen LogP contribution < -0.4 is 5.32 Å². The van der Waals surface area contributed by atoms with E-state index in [2.05, 4.69) is 5.32 Å². The zero-order chi connectivity index (χ0) is 20.7. The van der Waals surface area contributed by atoms with Crippen LogP contribution in [0.2, 0.25) is 0 Å². The number of rotatable bonds is 4. The lowest BCUT2D eigenvalue weighted by atomic mass is 9.88. The van der Waals surface area contributed by atoms with Crippen LogP contribution in [0.3, 0.4) is 0 Å². The average molecular weight is 425 g/mol. The highest BCUT2D eigenvalue weighted by atomic mass is 32.2. The maximum absolute atomic E-state index is 12.3. The average Bonchev–Trinajstić information content (AvgIpc) is 2.82. The lowest BCUT2D eigenvalue weighted by molar-refractivity contribution is 0.457. The fourth-order valence-electron chi connectivity index (χ4n) is 3.42. The maximum atomic E-state index is 12.3. The molecule has 28 heavy (non-hydrogen) atoms. The second kappa shape index (κ2) is 7.47. The molecule has 0 bridgehead atoms. The number of fused-ring (bicyclic) bond motifs is 1. The van der Waals surface area contributed by atoms with Gasteiger partial charge in [0.1, 0.15) is 10.6 Å². The van der Waals surface area contributed by atoms with Crippen LogP contribution in [0.5, 0.6) is 5.75 Å². The van der Waals surface area contributed by atoms with Gasteiger partial charge in [-0.1, -0.05) is 12.1 Å². The normalized spacial score (nSPS) is 17.9. The van der Waals surface area contributed by atoms with Gasteiger partial charge in [0.25, 0.3) is 0 Å². The van der Waals surface area contributed by atoms with Crippen molar-refractivity contribution in [1.82, 2.24) is 9.62 Å². The van der Waals surface area contributed by atoms with Crippen LogP contribution >= 0.6 is 0 Å². The second-order valence-electron chi connectivity index (χ2n) is 7.15. The van der Waals surface area contributed by atoms with Crippen LogP contribution in [0.15, 0.2) is 46.2 Å². The van der Waals surface area contributed by atoms with Crippen molar-refractivity contribution in [3.05, 3.63) is 53.1 Å². The van der Waals surface area contributed by atoms with E-state index in [0.717, 1.165) is 27.3 Å². The minimum atomic E-state index is -3.53. The SMILES string of the molecule is CN(C)S(=O)(=O)c1ccc(C2CNCCc3cc(S(C)(=O)=O)c(O)cc32)cc1. The Morgan fingerprint density at radius 1 is 1.07 bits per heavy atom. The largest absolute Gasteiger partial charge is 0.507 e. The van der Waals surface area contributed by atoms with E-state index in [4.69, 9.17) is 0 Å². The number of hydrogen-bond acceptors (Lipinski definition) is 6. The molecular formula is C19H24N2O5S2. The maximum Gasteiger partial charge on any atom is 0.242 e. The van der Waals surface area contributed by atoms with E-state index >= 15 is 0 Å². The fourth-order valence-corrected chi connectivity index (χ4v) is 5.12. The van der Waals surface area contributed by atoms with Gasteiger partial charge in [-0.25, -0.2) is 21.1 Å². The molecule has 0 radical (unpaired) electrons. The van der Waals surface area contributed by atoms with Crippen LogP contribution in [-0.2, 0) is 26.3 Å². The Kier molecular flexibility index (Phi) is 5.55. The summed E-state index contributed by atoms with van der Waals surface area (Å²) in [5, 5.41) is 13.6. The van der Waals surface area contributed by atoms with Crippen molar-refractivity contribution in [2.24, 2.45) is 0 Å². The Morgan fingerprint density at radius 2 is 1.71 bits per heavy atom. The van der Waals surface area contributed by atoms with Crippen molar-refractivity contribution >= 4 is 19.9 Å². The van der Waals surface area contributed by atoms with Gasteiger partial charge in [-0.05, 0) is 53.9 Å². The summed E-state index contributed by atoms with van der Waals surface area (Å²) in [7, 11) is -4.08. The number of sulfone groups is 1. The topological polar surface area (TPSA) is 104 Å². The molecule has 3 rings (SSSR count). The highest BCUT2D eigenvalue weighted by molar-refractivity contribution is 7.90. The third-order valence-corrected chi connectivity index (χ3v) is 7.93. The molecular weight excluding hydrogens is 400 g/mol. The van der Waals surface area contributed by atoms with Gasteiger partial charge in [0.2, 0.25) is 10.0 Å². The Morgan fingerprint density at radius 3 is 2.29 bits per heavy atom. The molecule has 152 valence electrons. The summed E-state index contributed by atoms with van der Waals surface area (Å²) in [6, 6.07) is 9.73. The number of hydrogen-bond donors (Lipinski definition) is 2. The van der Waals surface area contributed by atoms with Gasteiger partial charge in [-0.3, -0.25) is 0 Å². The molecule has 1 unspecified atom stereocenters. The highest BCUT2D eigenvalue weighted by Crippen LogP contribution is 2.35. The number of aromatic hydroxyl groups is 1. The summed E-state index contributed by atoms with van der Waals surface area (Å²) in [5.74, 6) is -0.395. The molecule has 0 fully saturated rings. The Hall–Kier alpha value is -1.94. The van der Waals surface area contributed by atoms with Crippen LogP contribution in [0.4, 0.5) is 0 Å². The van der Waals surface area contributed by atoms with Crippen molar-refractivity contribution < 1.29 is 21.9 Å². The molecule has 0 amide bonds. The molecule has 1 aliphatic rings. The standard InChI is InChI=1S/C19H24N2O5S2/c1-21(2)28(25,26)15-6-4-13(5-7-15)17-12-20-9-8-14-10-19(27(3,23)24)18(22)11-16(14)17/h4-7,10-11,17,20,22H,8-9,12H2,1-3H3. The Labute approximate surface area is 166 Å². The van der Waals surface area contributed by atoms with Gasteiger partial charge in [0, 0.05) is 32.8 Å². The smallest absolute Gasteiger partial charge is 0.242 e. The Bertz CT molecular complexity index is 1090. The van der Waals surface area contributed by atoms with Gasteiger partial charge in [0.15, 0.2) is 9.84 Å². The van der Waals surface area contributed by atoms with Crippen molar-refractivity contribution in [2.45, 2.75) is 22.1 Å². The summed E-state index contributed by atoms with van der Waals surface area (Å²) in [6.07, 6.45) is 1.71. The molecule has 7 nitrogen and oxygen atoms in total. The molecule has 0 saturated carbocycles. The van der Waals surface area contributed by atoms with E-state index in [1.807, 2.05) is 0 Å². The van der Waals surface area contributed by atoms with Crippen molar-refractivity contribution in [2.75, 3.05) is 33.4 Å². The molecule has 2 N–H and O–H groups in total. The molecule has 0 aromatic heterocycles. The predicted molar refractivity (Wildman–Crippen MR) is 107 cm³/mol. The first-order valence-corrected chi connectivity index (χ1v) is 12.1. The highest BCUT2D eigenvalue weighted by Gasteiger charge is 2.25. The number of sulfonamides is 1. The number of phenols is 1. The third kappa shape index (κ3) is 3.93. The Balaban J connectivity index is 2.06. The molecule has 9 heteroatoms. The number of benzene rings is 2. The third-order valence-electron chi connectivity index (χ3n) is 4.98. The van der Waals surface area contributed by atoms with Crippen LogP contribution in [-0.4, -0.2) is 59.7 Å². The molecule has 2 aromatic carbocycles. The van der Waals surface area contributed by atoms with Crippen molar-refractivity contribution in [3.63, 3.8) is 0 Å². The van der Waals surface area contributed by atoms with Gasteiger partial charge < -0.3 is 10.4 Å². The summed E-state index contributed by atoms with van der Waals surface area (Å²) < 4.78 is 49.6. The van der Waals surface area contributed by atoms with E-state index in [0.29, 0.717) is 19.5 Å². The molecule has 0 spiro atoms. The van der Waals surface area contributed by atoms with E-state index in [1.165, 1.54) is 20.2 Å². The zero-order valence-electron chi connectivity index (χ0n) is 16.0. The number of nitrogens with one attached hydrogen (secondary N) is 1. The van der Waals surface area contributed by atoms with Gasteiger partial charge in [-0.15, -0.1) is 0 Å². The summed E-state index contributed by atoms with van der Waals surface area (Å²) in [5.41, 5.74) is 2.59. The summed E-state index contributed by atoms with van der Waals surface area (Å²) in [6.45, 7) is 1.29. The van der Waals surface area contributed by atoms with Crippen molar-refractivity contribution in [3.8, 4) is 5.75 Å².